The summed E-state index contributed by atoms with van der Waals surface area (Å²) in [6, 6.07) is 0.628. The SMILES string of the molecule is CC(=O)NCCN1CCCC(NCC(C)C)C1. The molecule has 0 aromatic heterocycles. The molecule has 1 heterocycles. The molecule has 0 spiro atoms. The van der Waals surface area contributed by atoms with Crippen LogP contribution in [-0.4, -0.2) is 49.6 Å². The van der Waals surface area contributed by atoms with Crippen LogP contribution in [0.5, 0.6) is 0 Å². The van der Waals surface area contributed by atoms with E-state index >= 15 is 0 Å². The van der Waals surface area contributed by atoms with Crippen LogP contribution in [0.4, 0.5) is 0 Å². The van der Waals surface area contributed by atoms with Gasteiger partial charge in [0.15, 0.2) is 0 Å². The summed E-state index contributed by atoms with van der Waals surface area (Å²) in [6.07, 6.45) is 2.54. The van der Waals surface area contributed by atoms with E-state index in [1.54, 1.807) is 6.92 Å². The number of carbonyl (C=O) groups is 1. The van der Waals surface area contributed by atoms with Crippen molar-refractivity contribution in [3.8, 4) is 0 Å². The second kappa shape index (κ2) is 7.67. The molecule has 0 aromatic rings. The zero-order chi connectivity index (χ0) is 12.7. The summed E-state index contributed by atoms with van der Waals surface area (Å²) in [6.45, 7) is 11.2. The standard InChI is InChI=1S/C13H27N3O/c1-11(2)9-15-13-5-4-7-16(10-13)8-6-14-12(3)17/h11,13,15H,4-10H2,1-3H3,(H,14,17). The Labute approximate surface area is 105 Å². The van der Waals surface area contributed by atoms with E-state index in [0.29, 0.717) is 12.0 Å². The highest BCUT2D eigenvalue weighted by atomic mass is 16.1. The third-order valence-electron chi connectivity index (χ3n) is 3.12. The first-order chi connectivity index (χ1) is 8.08. The molecule has 0 aliphatic carbocycles. The monoisotopic (exact) mass is 241 g/mol. The first-order valence-corrected chi connectivity index (χ1v) is 6.78. The van der Waals surface area contributed by atoms with Crippen molar-refractivity contribution < 1.29 is 4.79 Å². The van der Waals surface area contributed by atoms with Gasteiger partial charge < -0.3 is 15.5 Å². The maximum atomic E-state index is 10.8. The molecule has 4 heteroatoms. The largest absolute Gasteiger partial charge is 0.355 e. The number of hydrogen-bond donors (Lipinski definition) is 2. The van der Waals surface area contributed by atoms with Crippen molar-refractivity contribution in [3.05, 3.63) is 0 Å². The fourth-order valence-corrected chi connectivity index (χ4v) is 2.22. The Morgan fingerprint density at radius 1 is 1.47 bits per heavy atom. The van der Waals surface area contributed by atoms with Crippen LogP contribution in [-0.2, 0) is 4.79 Å². The Kier molecular flexibility index (Phi) is 6.52. The lowest BCUT2D eigenvalue weighted by atomic mass is 10.0. The van der Waals surface area contributed by atoms with Crippen LogP contribution in [0, 0.1) is 5.92 Å². The van der Waals surface area contributed by atoms with E-state index in [1.165, 1.54) is 19.4 Å². The van der Waals surface area contributed by atoms with Gasteiger partial charge in [-0.15, -0.1) is 0 Å². The number of amides is 1. The summed E-state index contributed by atoms with van der Waals surface area (Å²) in [5.41, 5.74) is 0. The van der Waals surface area contributed by atoms with E-state index in [9.17, 15) is 4.79 Å². The van der Waals surface area contributed by atoms with Gasteiger partial charge in [-0.3, -0.25) is 4.79 Å². The lowest BCUT2D eigenvalue weighted by Crippen LogP contribution is -2.48. The third kappa shape index (κ3) is 6.64. The Morgan fingerprint density at radius 3 is 2.88 bits per heavy atom. The maximum Gasteiger partial charge on any atom is 0.216 e. The summed E-state index contributed by atoms with van der Waals surface area (Å²) in [5.74, 6) is 0.779. The normalized spacial score (nSPS) is 21.8. The van der Waals surface area contributed by atoms with E-state index in [-0.39, 0.29) is 5.91 Å². The lowest BCUT2D eigenvalue weighted by Gasteiger charge is -2.33. The van der Waals surface area contributed by atoms with Crippen LogP contribution in [0.15, 0.2) is 0 Å². The van der Waals surface area contributed by atoms with Gasteiger partial charge in [0, 0.05) is 32.6 Å². The van der Waals surface area contributed by atoms with Crippen molar-refractivity contribution in [2.45, 2.75) is 39.7 Å². The predicted molar refractivity (Wildman–Crippen MR) is 71.0 cm³/mol. The molecule has 1 atom stereocenters. The summed E-state index contributed by atoms with van der Waals surface area (Å²) in [5, 5.41) is 6.48. The fraction of sp³-hybridized carbons (Fsp3) is 0.923. The molecule has 1 aliphatic heterocycles. The molecule has 1 rings (SSSR count). The van der Waals surface area contributed by atoms with Crippen molar-refractivity contribution in [2.75, 3.05) is 32.7 Å². The Morgan fingerprint density at radius 2 is 2.24 bits per heavy atom. The highest BCUT2D eigenvalue weighted by molar-refractivity contribution is 5.72. The molecule has 2 N–H and O–H groups in total. The Hall–Kier alpha value is -0.610. The van der Waals surface area contributed by atoms with Crippen LogP contribution in [0.2, 0.25) is 0 Å². The summed E-state index contributed by atoms with van der Waals surface area (Å²) >= 11 is 0. The van der Waals surface area contributed by atoms with Gasteiger partial charge >= 0.3 is 0 Å². The molecule has 1 unspecified atom stereocenters. The number of carbonyl (C=O) groups excluding carboxylic acids is 1. The highest BCUT2D eigenvalue weighted by Crippen LogP contribution is 2.09. The van der Waals surface area contributed by atoms with E-state index in [2.05, 4.69) is 29.4 Å². The van der Waals surface area contributed by atoms with Gasteiger partial charge in [-0.05, 0) is 31.8 Å². The van der Waals surface area contributed by atoms with E-state index in [1.807, 2.05) is 0 Å². The van der Waals surface area contributed by atoms with Gasteiger partial charge in [-0.25, -0.2) is 0 Å². The van der Waals surface area contributed by atoms with Crippen molar-refractivity contribution in [3.63, 3.8) is 0 Å². The van der Waals surface area contributed by atoms with Gasteiger partial charge in [0.2, 0.25) is 5.91 Å². The smallest absolute Gasteiger partial charge is 0.216 e. The van der Waals surface area contributed by atoms with Crippen LogP contribution in [0.1, 0.15) is 33.6 Å². The molecule has 1 amide bonds. The number of rotatable bonds is 6. The fourth-order valence-electron chi connectivity index (χ4n) is 2.22. The van der Waals surface area contributed by atoms with E-state index in [4.69, 9.17) is 0 Å². The van der Waals surface area contributed by atoms with Crippen LogP contribution >= 0.6 is 0 Å². The number of piperidine rings is 1. The lowest BCUT2D eigenvalue weighted by molar-refractivity contribution is -0.119. The molecular formula is C13H27N3O. The Balaban J connectivity index is 2.17. The molecule has 0 radical (unpaired) electrons. The molecule has 1 saturated heterocycles. The number of nitrogens with zero attached hydrogens (tertiary/aromatic N) is 1. The molecule has 4 nitrogen and oxygen atoms in total. The molecular weight excluding hydrogens is 214 g/mol. The highest BCUT2D eigenvalue weighted by Gasteiger charge is 2.18. The van der Waals surface area contributed by atoms with Gasteiger partial charge in [0.25, 0.3) is 0 Å². The zero-order valence-electron chi connectivity index (χ0n) is 11.5. The second-order valence-electron chi connectivity index (χ2n) is 5.42. The predicted octanol–water partition coefficient (Wildman–Crippen LogP) is 0.833. The molecule has 0 aromatic carbocycles. The van der Waals surface area contributed by atoms with Crippen molar-refractivity contribution in [1.29, 1.82) is 0 Å². The van der Waals surface area contributed by atoms with Gasteiger partial charge in [0.1, 0.15) is 0 Å². The summed E-state index contributed by atoms with van der Waals surface area (Å²) in [4.78, 5) is 13.2. The topological polar surface area (TPSA) is 44.4 Å². The quantitative estimate of drug-likeness (QED) is 0.724. The first kappa shape index (κ1) is 14.5. The van der Waals surface area contributed by atoms with Crippen molar-refractivity contribution in [2.24, 2.45) is 5.92 Å². The van der Waals surface area contributed by atoms with Gasteiger partial charge in [0.05, 0.1) is 0 Å². The summed E-state index contributed by atoms with van der Waals surface area (Å²) < 4.78 is 0. The van der Waals surface area contributed by atoms with Crippen LogP contribution in [0.3, 0.4) is 0 Å². The number of hydrogen-bond acceptors (Lipinski definition) is 3. The molecule has 0 saturated carbocycles. The Bertz CT molecular complexity index is 231. The van der Waals surface area contributed by atoms with Crippen LogP contribution < -0.4 is 10.6 Å². The van der Waals surface area contributed by atoms with E-state index in [0.717, 1.165) is 26.2 Å². The molecule has 100 valence electrons. The average molecular weight is 241 g/mol. The minimum Gasteiger partial charge on any atom is -0.355 e. The second-order valence-corrected chi connectivity index (χ2v) is 5.42. The zero-order valence-corrected chi connectivity index (χ0v) is 11.5. The van der Waals surface area contributed by atoms with Gasteiger partial charge in [-0.2, -0.15) is 0 Å². The molecule has 17 heavy (non-hydrogen) atoms. The average Bonchev–Trinajstić information content (AvgIpc) is 2.26. The molecule has 0 bridgehead atoms. The first-order valence-electron chi connectivity index (χ1n) is 6.78. The molecule has 1 aliphatic rings. The van der Waals surface area contributed by atoms with E-state index < -0.39 is 0 Å². The van der Waals surface area contributed by atoms with Crippen molar-refractivity contribution in [1.82, 2.24) is 15.5 Å². The number of nitrogens with one attached hydrogen (secondary N) is 2. The third-order valence-corrected chi connectivity index (χ3v) is 3.12. The minimum atomic E-state index is 0.0662. The molecule has 1 fully saturated rings. The maximum absolute atomic E-state index is 10.8. The number of likely N-dealkylation sites (tertiary alicyclic amines) is 1. The minimum absolute atomic E-state index is 0.0662. The van der Waals surface area contributed by atoms with Gasteiger partial charge in [-0.1, -0.05) is 13.8 Å². The van der Waals surface area contributed by atoms with Crippen molar-refractivity contribution >= 4 is 5.91 Å². The van der Waals surface area contributed by atoms with Crippen LogP contribution in [0.25, 0.3) is 0 Å². The summed E-state index contributed by atoms with van der Waals surface area (Å²) in [7, 11) is 0.